The Bertz CT molecular complexity index is 652. The van der Waals surface area contributed by atoms with E-state index in [1.807, 2.05) is 35.2 Å². The highest BCUT2D eigenvalue weighted by Gasteiger charge is 2.31. The molecule has 7 heteroatoms. The molecule has 2 fully saturated rings. The Hall–Kier alpha value is -2.41. The number of benzene rings is 1. The van der Waals surface area contributed by atoms with E-state index in [1.54, 1.807) is 6.92 Å². The summed E-state index contributed by atoms with van der Waals surface area (Å²) < 4.78 is 0. The van der Waals surface area contributed by atoms with Crippen LogP contribution in [-0.4, -0.2) is 47.9 Å². The van der Waals surface area contributed by atoms with Gasteiger partial charge in [0.2, 0.25) is 11.8 Å². The summed E-state index contributed by atoms with van der Waals surface area (Å²) in [5, 5.41) is 8.09. The zero-order valence-corrected chi connectivity index (χ0v) is 15.0. The molecule has 1 atom stereocenters. The molecule has 1 heterocycles. The normalized spacial score (nSPS) is 19.4. The number of rotatable bonds is 5. The summed E-state index contributed by atoms with van der Waals surface area (Å²) >= 11 is 0. The topological polar surface area (TPSA) is 90.5 Å². The number of anilines is 1. The summed E-state index contributed by atoms with van der Waals surface area (Å²) in [5.74, 6) is -0.327. The number of piperidine rings is 1. The molecule has 4 amide bonds. The number of hydrogen-bond acceptors (Lipinski definition) is 4. The predicted octanol–water partition coefficient (Wildman–Crippen LogP) is 1.71. The Labute approximate surface area is 153 Å². The number of imide groups is 1. The fourth-order valence-corrected chi connectivity index (χ4v) is 3.15. The Morgan fingerprint density at radius 2 is 1.69 bits per heavy atom. The fraction of sp³-hybridized carbons (Fsp3) is 0.526. The van der Waals surface area contributed by atoms with Gasteiger partial charge >= 0.3 is 6.03 Å². The number of amides is 4. The monoisotopic (exact) mass is 358 g/mol. The van der Waals surface area contributed by atoms with E-state index in [-0.39, 0.29) is 23.8 Å². The molecule has 0 bridgehead atoms. The minimum atomic E-state index is -0.415. The van der Waals surface area contributed by atoms with Crippen LogP contribution in [0.15, 0.2) is 30.3 Å². The summed E-state index contributed by atoms with van der Waals surface area (Å²) in [4.78, 5) is 38.3. The molecule has 1 saturated heterocycles. The fourth-order valence-electron chi connectivity index (χ4n) is 3.15. The molecule has 3 rings (SSSR count). The van der Waals surface area contributed by atoms with Crippen LogP contribution in [0.3, 0.4) is 0 Å². The molecular weight excluding hydrogens is 332 g/mol. The highest BCUT2D eigenvalue weighted by atomic mass is 16.2. The van der Waals surface area contributed by atoms with Crippen molar-refractivity contribution in [2.45, 2.75) is 44.7 Å². The first-order valence-electron chi connectivity index (χ1n) is 9.24. The first-order valence-corrected chi connectivity index (χ1v) is 9.24. The van der Waals surface area contributed by atoms with Crippen LogP contribution in [0.4, 0.5) is 10.5 Å². The highest BCUT2D eigenvalue weighted by Crippen LogP contribution is 2.21. The lowest BCUT2D eigenvalue weighted by Gasteiger charge is -2.34. The van der Waals surface area contributed by atoms with Gasteiger partial charge in [0.15, 0.2) is 0 Å². The molecule has 0 spiro atoms. The number of carbonyl (C=O) groups is 3. The van der Waals surface area contributed by atoms with Gasteiger partial charge in [-0.1, -0.05) is 18.2 Å². The van der Waals surface area contributed by atoms with Crippen LogP contribution in [0.5, 0.6) is 0 Å². The summed E-state index contributed by atoms with van der Waals surface area (Å²) in [6, 6.07) is 8.83. The number of nitrogens with one attached hydrogen (secondary N) is 3. The van der Waals surface area contributed by atoms with Crippen LogP contribution in [0.1, 0.15) is 32.6 Å². The molecule has 7 nitrogen and oxygen atoms in total. The summed E-state index contributed by atoms with van der Waals surface area (Å²) in [5.41, 5.74) is 0.800. The van der Waals surface area contributed by atoms with E-state index in [1.165, 1.54) is 0 Å². The van der Waals surface area contributed by atoms with E-state index in [4.69, 9.17) is 0 Å². The van der Waals surface area contributed by atoms with E-state index in [0.717, 1.165) is 18.5 Å². The standard InChI is InChI=1S/C19H26N4O3/c1-13(17(24)22-19(26)21-16-7-8-16)23-11-9-14(10-12-23)18(25)20-15-5-3-2-4-6-15/h2-6,13-14,16H,7-12H2,1H3,(H,20,25)(H2,21,22,24,26). The third-order valence-corrected chi connectivity index (χ3v) is 5.02. The van der Waals surface area contributed by atoms with Gasteiger partial charge in [0.25, 0.3) is 0 Å². The molecule has 26 heavy (non-hydrogen) atoms. The van der Waals surface area contributed by atoms with Crippen LogP contribution >= 0.6 is 0 Å². The lowest BCUT2D eigenvalue weighted by atomic mass is 9.94. The van der Waals surface area contributed by atoms with E-state index in [0.29, 0.717) is 25.9 Å². The second kappa shape index (κ2) is 8.31. The Kier molecular flexibility index (Phi) is 5.88. The van der Waals surface area contributed by atoms with Crippen LogP contribution in [-0.2, 0) is 9.59 Å². The molecule has 1 unspecified atom stereocenters. The maximum Gasteiger partial charge on any atom is 0.321 e. The third kappa shape index (κ3) is 5.05. The Morgan fingerprint density at radius 3 is 2.31 bits per heavy atom. The molecule has 1 aromatic carbocycles. The predicted molar refractivity (Wildman–Crippen MR) is 98.5 cm³/mol. The maximum absolute atomic E-state index is 12.4. The van der Waals surface area contributed by atoms with Crippen LogP contribution in [0.2, 0.25) is 0 Å². The van der Waals surface area contributed by atoms with Gasteiger partial charge in [-0.05, 0) is 57.8 Å². The maximum atomic E-state index is 12.4. The largest absolute Gasteiger partial charge is 0.335 e. The number of nitrogens with zero attached hydrogens (tertiary/aromatic N) is 1. The minimum absolute atomic E-state index is 0.0248. The number of hydrogen-bond donors (Lipinski definition) is 3. The van der Waals surface area contributed by atoms with Crippen LogP contribution in [0.25, 0.3) is 0 Å². The molecule has 1 aliphatic heterocycles. The average molecular weight is 358 g/mol. The zero-order valence-electron chi connectivity index (χ0n) is 15.0. The van der Waals surface area contributed by atoms with Gasteiger partial charge in [-0.2, -0.15) is 0 Å². The van der Waals surface area contributed by atoms with Gasteiger partial charge in [-0.3, -0.25) is 19.8 Å². The lowest BCUT2D eigenvalue weighted by Crippen LogP contribution is -2.52. The third-order valence-electron chi connectivity index (χ3n) is 5.02. The molecule has 140 valence electrons. The average Bonchev–Trinajstić information content (AvgIpc) is 3.45. The van der Waals surface area contributed by atoms with Crippen molar-refractivity contribution in [1.82, 2.24) is 15.5 Å². The zero-order chi connectivity index (χ0) is 18.5. The molecule has 1 aromatic rings. The number of likely N-dealkylation sites (tertiary alicyclic amines) is 1. The van der Waals surface area contributed by atoms with Gasteiger partial charge < -0.3 is 10.6 Å². The van der Waals surface area contributed by atoms with E-state index in [9.17, 15) is 14.4 Å². The van der Waals surface area contributed by atoms with Gasteiger partial charge in [0.1, 0.15) is 0 Å². The highest BCUT2D eigenvalue weighted by molar-refractivity contribution is 5.97. The van der Waals surface area contributed by atoms with E-state index < -0.39 is 12.1 Å². The minimum Gasteiger partial charge on any atom is -0.335 e. The summed E-state index contributed by atoms with van der Waals surface area (Å²) in [6.07, 6.45) is 3.36. The number of carbonyl (C=O) groups excluding carboxylic acids is 3. The number of para-hydroxylation sites is 1. The van der Waals surface area contributed by atoms with Crippen molar-refractivity contribution in [2.24, 2.45) is 5.92 Å². The number of urea groups is 1. The molecule has 3 N–H and O–H groups in total. The van der Waals surface area contributed by atoms with Gasteiger partial charge in [0, 0.05) is 17.6 Å². The SMILES string of the molecule is CC(C(=O)NC(=O)NC1CC1)N1CCC(C(=O)Nc2ccccc2)CC1. The van der Waals surface area contributed by atoms with Crippen molar-refractivity contribution in [3.63, 3.8) is 0 Å². The molecule has 0 radical (unpaired) electrons. The molecular formula is C19H26N4O3. The van der Waals surface area contributed by atoms with Crippen molar-refractivity contribution in [3.8, 4) is 0 Å². The molecule has 1 saturated carbocycles. The molecule has 2 aliphatic rings. The van der Waals surface area contributed by atoms with Gasteiger partial charge in [-0.25, -0.2) is 4.79 Å². The van der Waals surface area contributed by atoms with Crippen molar-refractivity contribution < 1.29 is 14.4 Å². The Balaban J connectivity index is 1.42. The van der Waals surface area contributed by atoms with Crippen molar-refractivity contribution in [3.05, 3.63) is 30.3 Å². The quantitative estimate of drug-likeness (QED) is 0.747. The van der Waals surface area contributed by atoms with Crippen LogP contribution in [0, 0.1) is 5.92 Å². The van der Waals surface area contributed by atoms with Crippen molar-refractivity contribution >= 4 is 23.5 Å². The van der Waals surface area contributed by atoms with Crippen molar-refractivity contribution in [2.75, 3.05) is 18.4 Å². The summed E-state index contributed by atoms with van der Waals surface area (Å²) in [7, 11) is 0. The first-order chi connectivity index (χ1) is 12.5. The van der Waals surface area contributed by atoms with E-state index in [2.05, 4.69) is 16.0 Å². The van der Waals surface area contributed by atoms with E-state index >= 15 is 0 Å². The summed E-state index contributed by atoms with van der Waals surface area (Å²) in [6.45, 7) is 3.11. The lowest BCUT2D eigenvalue weighted by molar-refractivity contribution is -0.126. The first kappa shape index (κ1) is 18.4. The molecule has 0 aromatic heterocycles. The van der Waals surface area contributed by atoms with Crippen LogP contribution < -0.4 is 16.0 Å². The second-order valence-corrected chi connectivity index (χ2v) is 7.08. The van der Waals surface area contributed by atoms with Gasteiger partial charge in [-0.15, -0.1) is 0 Å². The smallest absolute Gasteiger partial charge is 0.321 e. The molecule has 1 aliphatic carbocycles. The van der Waals surface area contributed by atoms with Gasteiger partial charge in [0.05, 0.1) is 6.04 Å². The second-order valence-electron chi connectivity index (χ2n) is 7.08. The van der Waals surface area contributed by atoms with Crippen molar-refractivity contribution in [1.29, 1.82) is 0 Å². The Morgan fingerprint density at radius 1 is 1.04 bits per heavy atom.